The van der Waals surface area contributed by atoms with E-state index in [1.54, 1.807) is 12.5 Å². The number of hydrogen-bond acceptors (Lipinski definition) is 2. The molecule has 0 aliphatic heterocycles. The van der Waals surface area contributed by atoms with Gasteiger partial charge >= 0.3 is 0 Å². The molecule has 1 fully saturated rings. The van der Waals surface area contributed by atoms with Crippen LogP contribution in [0.15, 0.2) is 34.2 Å². The number of furan rings is 1. The number of carbonyl (C=O) groups excluding carboxylic acids is 1. The van der Waals surface area contributed by atoms with Crippen LogP contribution >= 0.6 is 0 Å². The van der Waals surface area contributed by atoms with Gasteiger partial charge in [0.05, 0.1) is 12.5 Å². The molecule has 0 spiro atoms. The van der Waals surface area contributed by atoms with E-state index in [1.165, 1.54) is 18.4 Å². The lowest BCUT2D eigenvalue weighted by Gasteiger charge is -2.53. The molecule has 0 amide bonds. The van der Waals surface area contributed by atoms with E-state index in [9.17, 15) is 4.79 Å². The highest BCUT2D eigenvalue weighted by molar-refractivity contribution is 6.02. The number of allylic oxidation sites excluding steroid dienone is 2. The zero-order chi connectivity index (χ0) is 16.0. The molecule has 120 valence electrons. The van der Waals surface area contributed by atoms with E-state index in [2.05, 4.69) is 27.7 Å². The summed E-state index contributed by atoms with van der Waals surface area (Å²) in [5, 5.41) is 0. The summed E-state index contributed by atoms with van der Waals surface area (Å²) < 4.78 is 5.19. The third kappa shape index (κ3) is 2.37. The van der Waals surface area contributed by atoms with E-state index >= 15 is 0 Å². The predicted molar refractivity (Wildman–Crippen MR) is 88.6 cm³/mol. The standard InChI is InChI=1S/C20H28O2/c1-5-15-12-17-19(2,3)8-6-9-20(17,4)18(21)16(15)11-14-7-10-22-13-14/h7,10,13,17H,5-6,8-9,11-12H2,1-4H3/t17-,20?/m0/s1. The van der Waals surface area contributed by atoms with E-state index in [0.29, 0.717) is 11.7 Å². The summed E-state index contributed by atoms with van der Waals surface area (Å²) in [5.41, 5.74) is 3.67. The summed E-state index contributed by atoms with van der Waals surface area (Å²) in [6.07, 6.45) is 9.75. The molecule has 0 N–H and O–H groups in total. The fourth-order valence-electron chi connectivity index (χ4n) is 4.93. The largest absolute Gasteiger partial charge is 0.472 e. The highest BCUT2D eigenvalue weighted by Crippen LogP contribution is 2.57. The molecule has 0 bridgehead atoms. The van der Waals surface area contributed by atoms with Gasteiger partial charge in [-0.1, -0.05) is 39.7 Å². The average molecular weight is 300 g/mol. The Bertz CT molecular complexity index is 591. The van der Waals surface area contributed by atoms with Gasteiger partial charge in [-0.3, -0.25) is 4.79 Å². The first-order chi connectivity index (χ1) is 10.4. The second kappa shape index (κ2) is 5.40. The van der Waals surface area contributed by atoms with Crippen LogP contribution in [0.2, 0.25) is 0 Å². The molecule has 2 heteroatoms. The molecule has 2 atom stereocenters. The average Bonchev–Trinajstić information content (AvgIpc) is 2.96. The Kier molecular flexibility index (Phi) is 3.82. The van der Waals surface area contributed by atoms with Gasteiger partial charge in [0, 0.05) is 11.8 Å². The quantitative estimate of drug-likeness (QED) is 0.754. The molecule has 0 aromatic carbocycles. The third-order valence-electron chi connectivity index (χ3n) is 6.29. The van der Waals surface area contributed by atoms with Crippen molar-refractivity contribution < 1.29 is 9.21 Å². The Hall–Kier alpha value is -1.31. The number of ketones is 1. The van der Waals surface area contributed by atoms with Crippen molar-refractivity contribution in [2.24, 2.45) is 16.7 Å². The number of carbonyl (C=O) groups is 1. The molecule has 1 aromatic heterocycles. The fraction of sp³-hybridized carbons (Fsp3) is 0.650. The first kappa shape index (κ1) is 15.6. The Balaban J connectivity index is 2.01. The summed E-state index contributed by atoms with van der Waals surface area (Å²) in [7, 11) is 0. The maximum atomic E-state index is 13.4. The summed E-state index contributed by atoms with van der Waals surface area (Å²) in [4.78, 5) is 13.4. The van der Waals surface area contributed by atoms with Gasteiger partial charge in [-0.2, -0.15) is 0 Å². The zero-order valence-electron chi connectivity index (χ0n) is 14.4. The first-order valence-corrected chi connectivity index (χ1v) is 8.65. The van der Waals surface area contributed by atoms with E-state index in [4.69, 9.17) is 4.42 Å². The third-order valence-corrected chi connectivity index (χ3v) is 6.29. The van der Waals surface area contributed by atoms with Gasteiger partial charge < -0.3 is 4.42 Å². The second-order valence-electron chi connectivity index (χ2n) is 8.09. The molecule has 0 saturated heterocycles. The molecule has 0 radical (unpaired) electrons. The maximum Gasteiger partial charge on any atom is 0.165 e. The smallest absolute Gasteiger partial charge is 0.165 e. The monoisotopic (exact) mass is 300 g/mol. The molecule has 1 saturated carbocycles. The van der Waals surface area contributed by atoms with Crippen LogP contribution in [0.3, 0.4) is 0 Å². The Morgan fingerprint density at radius 1 is 1.27 bits per heavy atom. The van der Waals surface area contributed by atoms with Crippen LogP contribution < -0.4 is 0 Å². The van der Waals surface area contributed by atoms with Gasteiger partial charge in [0.2, 0.25) is 0 Å². The minimum atomic E-state index is -0.167. The van der Waals surface area contributed by atoms with Gasteiger partial charge in [0.25, 0.3) is 0 Å². The van der Waals surface area contributed by atoms with Crippen molar-refractivity contribution in [3.05, 3.63) is 35.3 Å². The molecule has 2 aliphatic rings. The van der Waals surface area contributed by atoms with Crippen molar-refractivity contribution in [3.8, 4) is 0 Å². The molecule has 2 aliphatic carbocycles. The van der Waals surface area contributed by atoms with Gasteiger partial charge in [-0.05, 0) is 54.2 Å². The van der Waals surface area contributed by atoms with E-state index in [1.807, 2.05) is 6.07 Å². The van der Waals surface area contributed by atoms with Crippen LogP contribution in [-0.4, -0.2) is 5.78 Å². The highest BCUT2D eigenvalue weighted by Gasteiger charge is 2.53. The Morgan fingerprint density at radius 2 is 2.05 bits per heavy atom. The number of fused-ring (bicyclic) bond motifs is 1. The van der Waals surface area contributed by atoms with Crippen molar-refractivity contribution in [2.45, 2.75) is 66.2 Å². The minimum absolute atomic E-state index is 0.167. The topological polar surface area (TPSA) is 30.2 Å². The SMILES string of the molecule is CCC1=C(Cc2ccoc2)C(=O)C2(C)CCCC(C)(C)[C@@H]2C1. The van der Waals surface area contributed by atoms with Crippen LogP contribution in [0.25, 0.3) is 0 Å². The molecule has 2 nitrogen and oxygen atoms in total. The van der Waals surface area contributed by atoms with Crippen LogP contribution in [0, 0.1) is 16.7 Å². The second-order valence-corrected chi connectivity index (χ2v) is 8.09. The molecule has 3 rings (SSSR count). The Morgan fingerprint density at radius 3 is 2.68 bits per heavy atom. The van der Waals surface area contributed by atoms with Crippen LogP contribution in [0.4, 0.5) is 0 Å². The van der Waals surface area contributed by atoms with Crippen LogP contribution in [0.5, 0.6) is 0 Å². The maximum absolute atomic E-state index is 13.4. The van der Waals surface area contributed by atoms with Crippen molar-refractivity contribution in [3.63, 3.8) is 0 Å². The van der Waals surface area contributed by atoms with Crippen molar-refractivity contribution in [1.82, 2.24) is 0 Å². The van der Waals surface area contributed by atoms with E-state index < -0.39 is 0 Å². The van der Waals surface area contributed by atoms with Gasteiger partial charge in [-0.15, -0.1) is 0 Å². The predicted octanol–water partition coefficient (Wildman–Crippen LogP) is 5.33. The minimum Gasteiger partial charge on any atom is -0.472 e. The molecule has 22 heavy (non-hydrogen) atoms. The number of rotatable bonds is 3. The molecule has 1 unspecified atom stereocenters. The number of hydrogen-bond donors (Lipinski definition) is 0. The summed E-state index contributed by atoms with van der Waals surface area (Å²) in [6.45, 7) is 9.13. The summed E-state index contributed by atoms with van der Waals surface area (Å²) in [6, 6.07) is 1.98. The summed E-state index contributed by atoms with van der Waals surface area (Å²) >= 11 is 0. The Labute approximate surface area is 134 Å². The van der Waals surface area contributed by atoms with E-state index in [0.717, 1.165) is 36.8 Å². The summed E-state index contributed by atoms with van der Waals surface area (Å²) in [5.74, 6) is 0.902. The fourth-order valence-corrected chi connectivity index (χ4v) is 4.93. The lowest BCUT2D eigenvalue weighted by Crippen LogP contribution is -2.50. The normalized spacial score (nSPS) is 31.3. The van der Waals surface area contributed by atoms with Crippen LogP contribution in [0.1, 0.15) is 65.4 Å². The first-order valence-electron chi connectivity index (χ1n) is 8.65. The van der Waals surface area contributed by atoms with Crippen molar-refractivity contribution >= 4 is 5.78 Å². The van der Waals surface area contributed by atoms with Crippen molar-refractivity contribution in [1.29, 1.82) is 0 Å². The van der Waals surface area contributed by atoms with E-state index in [-0.39, 0.29) is 10.8 Å². The van der Waals surface area contributed by atoms with Crippen molar-refractivity contribution in [2.75, 3.05) is 0 Å². The van der Waals surface area contributed by atoms with Gasteiger partial charge in [-0.25, -0.2) is 0 Å². The lowest BCUT2D eigenvalue weighted by atomic mass is 9.50. The lowest BCUT2D eigenvalue weighted by molar-refractivity contribution is -0.135. The molecule has 1 aromatic rings. The van der Waals surface area contributed by atoms with Gasteiger partial charge in [0.1, 0.15) is 0 Å². The van der Waals surface area contributed by atoms with Gasteiger partial charge in [0.15, 0.2) is 5.78 Å². The molecule has 1 heterocycles. The number of Topliss-reactive ketones (excluding diaryl/α,β-unsaturated/α-hetero) is 1. The molecular formula is C20H28O2. The van der Waals surface area contributed by atoms with Crippen LogP contribution in [-0.2, 0) is 11.2 Å². The molecular weight excluding hydrogens is 272 g/mol. The highest BCUT2D eigenvalue weighted by atomic mass is 16.3. The zero-order valence-corrected chi connectivity index (χ0v) is 14.4.